The highest BCUT2D eigenvalue weighted by molar-refractivity contribution is 5.80. The number of nitrogens with zero attached hydrogens (tertiary/aromatic N) is 1. The zero-order valence-electron chi connectivity index (χ0n) is 12.5. The van der Waals surface area contributed by atoms with E-state index in [0.717, 1.165) is 17.7 Å². The van der Waals surface area contributed by atoms with Gasteiger partial charge in [-0.2, -0.15) is 13.2 Å². The molecule has 1 aliphatic rings. The van der Waals surface area contributed by atoms with Crippen LogP contribution in [-0.2, 0) is 22.3 Å². The topological polar surface area (TPSA) is 55.6 Å². The van der Waals surface area contributed by atoms with E-state index in [-0.39, 0.29) is 6.10 Å². The standard InChI is InChI=1S/C15H19F3N2O2/c1-9-7-12(15(16,17)18)4-3-11(9)8-20-5-6-22-10(2)13(20)14(19)21/h3-4,7,10,13H,5-6,8H2,1-2H3,(H2,19,21)/t10-,13+/m1/s1. The van der Waals surface area contributed by atoms with Crippen molar-refractivity contribution in [2.24, 2.45) is 5.73 Å². The molecule has 22 heavy (non-hydrogen) atoms. The van der Waals surface area contributed by atoms with Crippen molar-refractivity contribution in [2.45, 2.75) is 38.7 Å². The van der Waals surface area contributed by atoms with Gasteiger partial charge in [-0.1, -0.05) is 6.07 Å². The van der Waals surface area contributed by atoms with Crippen LogP contribution < -0.4 is 5.73 Å². The summed E-state index contributed by atoms with van der Waals surface area (Å²) in [6, 6.07) is 3.07. The fourth-order valence-electron chi connectivity index (χ4n) is 2.74. The van der Waals surface area contributed by atoms with Gasteiger partial charge in [0.1, 0.15) is 6.04 Å². The first-order chi connectivity index (χ1) is 10.2. The number of alkyl halides is 3. The van der Waals surface area contributed by atoms with Crippen LogP contribution in [0.15, 0.2) is 18.2 Å². The van der Waals surface area contributed by atoms with Crippen molar-refractivity contribution in [3.63, 3.8) is 0 Å². The Bertz CT molecular complexity index is 560. The van der Waals surface area contributed by atoms with Crippen LogP contribution in [0.4, 0.5) is 13.2 Å². The second-order valence-corrected chi connectivity index (χ2v) is 5.53. The van der Waals surface area contributed by atoms with Crippen molar-refractivity contribution in [1.82, 2.24) is 4.90 Å². The average Bonchev–Trinajstić information content (AvgIpc) is 2.39. The third-order valence-electron chi connectivity index (χ3n) is 3.93. The van der Waals surface area contributed by atoms with Crippen LogP contribution in [0.5, 0.6) is 0 Å². The van der Waals surface area contributed by atoms with E-state index in [0.29, 0.717) is 25.3 Å². The van der Waals surface area contributed by atoms with Gasteiger partial charge in [-0.25, -0.2) is 0 Å². The molecule has 4 nitrogen and oxygen atoms in total. The van der Waals surface area contributed by atoms with Crippen LogP contribution in [0, 0.1) is 6.92 Å². The summed E-state index contributed by atoms with van der Waals surface area (Å²) < 4.78 is 43.5. The molecule has 0 saturated carbocycles. The lowest BCUT2D eigenvalue weighted by Crippen LogP contribution is -2.56. The largest absolute Gasteiger partial charge is 0.416 e. The number of ether oxygens (including phenoxy) is 1. The first-order valence-electron chi connectivity index (χ1n) is 7.02. The van der Waals surface area contributed by atoms with E-state index in [1.807, 2.05) is 4.90 Å². The Balaban J connectivity index is 2.21. The summed E-state index contributed by atoms with van der Waals surface area (Å²) >= 11 is 0. The van der Waals surface area contributed by atoms with E-state index in [9.17, 15) is 18.0 Å². The summed E-state index contributed by atoms with van der Waals surface area (Å²) in [5.74, 6) is -0.489. The monoisotopic (exact) mass is 316 g/mol. The Hall–Kier alpha value is -1.60. The Morgan fingerprint density at radius 3 is 2.68 bits per heavy atom. The second kappa shape index (κ2) is 6.26. The molecule has 0 radical (unpaired) electrons. The molecule has 1 saturated heterocycles. The van der Waals surface area contributed by atoms with Crippen molar-refractivity contribution in [1.29, 1.82) is 0 Å². The number of aryl methyl sites for hydroxylation is 1. The molecule has 0 bridgehead atoms. The number of hydrogen-bond donors (Lipinski definition) is 1. The van der Waals surface area contributed by atoms with Crippen molar-refractivity contribution < 1.29 is 22.7 Å². The number of carbonyl (C=O) groups excluding carboxylic acids is 1. The SMILES string of the molecule is Cc1cc(C(F)(F)F)ccc1CN1CCO[C@H](C)[C@H]1C(N)=O. The van der Waals surface area contributed by atoms with Gasteiger partial charge in [-0.05, 0) is 37.1 Å². The van der Waals surface area contributed by atoms with E-state index in [1.165, 1.54) is 6.07 Å². The lowest BCUT2D eigenvalue weighted by Gasteiger charge is -2.38. The molecule has 1 aliphatic heterocycles. The Kier molecular flexibility index (Phi) is 4.77. The number of nitrogens with two attached hydrogens (primary N) is 1. The zero-order chi connectivity index (χ0) is 16.5. The Morgan fingerprint density at radius 2 is 2.14 bits per heavy atom. The third kappa shape index (κ3) is 3.59. The fraction of sp³-hybridized carbons (Fsp3) is 0.533. The molecule has 1 aromatic carbocycles. The number of amides is 1. The lowest BCUT2D eigenvalue weighted by atomic mass is 10.0. The van der Waals surface area contributed by atoms with Gasteiger partial charge in [-0.3, -0.25) is 9.69 Å². The van der Waals surface area contributed by atoms with Crippen LogP contribution >= 0.6 is 0 Å². The summed E-state index contributed by atoms with van der Waals surface area (Å²) in [7, 11) is 0. The third-order valence-corrected chi connectivity index (χ3v) is 3.93. The van der Waals surface area contributed by atoms with Gasteiger partial charge in [0.15, 0.2) is 0 Å². The summed E-state index contributed by atoms with van der Waals surface area (Å²) in [5, 5.41) is 0. The van der Waals surface area contributed by atoms with Crippen LogP contribution in [0.25, 0.3) is 0 Å². The van der Waals surface area contributed by atoms with Gasteiger partial charge in [0.2, 0.25) is 5.91 Å². The molecular weight excluding hydrogens is 297 g/mol. The highest BCUT2D eigenvalue weighted by atomic mass is 19.4. The molecule has 1 heterocycles. The number of morpholine rings is 1. The molecule has 0 aliphatic carbocycles. The maximum absolute atomic E-state index is 12.7. The lowest BCUT2D eigenvalue weighted by molar-refractivity contribution is -0.137. The molecule has 0 unspecified atom stereocenters. The molecular formula is C15H19F3N2O2. The molecule has 0 spiro atoms. The zero-order valence-corrected chi connectivity index (χ0v) is 12.5. The summed E-state index contributed by atoms with van der Waals surface area (Å²) in [5.41, 5.74) is 6.02. The number of halogens is 3. The number of benzene rings is 1. The summed E-state index contributed by atoms with van der Waals surface area (Å²) in [4.78, 5) is 13.4. The van der Waals surface area contributed by atoms with E-state index in [2.05, 4.69) is 0 Å². The smallest absolute Gasteiger partial charge is 0.375 e. The molecule has 2 N–H and O–H groups in total. The molecule has 0 aromatic heterocycles. The quantitative estimate of drug-likeness (QED) is 0.929. The number of rotatable bonds is 3. The molecule has 7 heteroatoms. The van der Waals surface area contributed by atoms with Crippen molar-refractivity contribution >= 4 is 5.91 Å². The number of hydrogen-bond acceptors (Lipinski definition) is 3. The summed E-state index contributed by atoms with van der Waals surface area (Å²) in [6.07, 6.45) is -4.69. The predicted octanol–water partition coefficient (Wildman–Crippen LogP) is 2.09. The van der Waals surface area contributed by atoms with E-state index in [1.54, 1.807) is 13.8 Å². The van der Waals surface area contributed by atoms with E-state index in [4.69, 9.17) is 10.5 Å². The predicted molar refractivity (Wildman–Crippen MR) is 75.0 cm³/mol. The van der Waals surface area contributed by atoms with Crippen LogP contribution in [0.1, 0.15) is 23.6 Å². The maximum Gasteiger partial charge on any atom is 0.416 e. The van der Waals surface area contributed by atoms with Crippen molar-refractivity contribution in [3.05, 3.63) is 34.9 Å². The van der Waals surface area contributed by atoms with Crippen LogP contribution in [-0.4, -0.2) is 36.1 Å². The highest BCUT2D eigenvalue weighted by Gasteiger charge is 2.34. The average molecular weight is 316 g/mol. The van der Waals surface area contributed by atoms with Crippen molar-refractivity contribution in [2.75, 3.05) is 13.2 Å². The Morgan fingerprint density at radius 1 is 1.45 bits per heavy atom. The molecule has 1 amide bonds. The first-order valence-corrected chi connectivity index (χ1v) is 7.02. The van der Waals surface area contributed by atoms with Crippen LogP contribution in [0.2, 0.25) is 0 Å². The van der Waals surface area contributed by atoms with Gasteiger partial charge < -0.3 is 10.5 Å². The molecule has 2 rings (SSSR count). The van der Waals surface area contributed by atoms with Gasteiger partial charge in [0.25, 0.3) is 0 Å². The minimum atomic E-state index is -4.35. The number of carbonyl (C=O) groups is 1. The number of primary amides is 1. The minimum Gasteiger partial charge on any atom is -0.375 e. The van der Waals surface area contributed by atoms with Crippen LogP contribution in [0.3, 0.4) is 0 Å². The minimum absolute atomic E-state index is 0.332. The van der Waals surface area contributed by atoms with E-state index < -0.39 is 23.7 Å². The Labute approximate surface area is 127 Å². The van der Waals surface area contributed by atoms with Gasteiger partial charge in [0, 0.05) is 13.1 Å². The second-order valence-electron chi connectivity index (χ2n) is 5.53. The highest BCUT2D eigenvalue weighted by Crippen LogP contribution is 2.31. The van der Waals surface area contributed by atoms with Gasteiger partial charge >= 0.3 is 6.18 Å². The first kappa shape index (κ1) is 16.8. The molecule has 1 aromatic rings. The maximum atomic E-state index is 12.7. The van der Waals surface area contributed by atoms with E-state index >= 15 is 0 Å². The molecule has 122 valence electrons. The molecule has 2 atom stereocenters. The van der Waals surface area contributed by atoms with Gasteiger partial charge in [-0.15, -0.1) is 0 Å². The fourth-order valence-corrected chi connectivity index (χ4v) is 2.74. The normalized spacial score (nSPS) is 23.5. The molecule has 1 fully saturated rings. The van der Waals surface area contributed by atoms with Gasteiger partial charge in [0.05, 0.1) is 18.3 Å². The summed E-state index contributed by atoms with van der Waals surface area (Å²) in [6.45, 7) is 4.74. The van der Waals surface area contributed by atoms with Crippen molar-refractivity contribution in [3.8, 4) is 0 Å².